The molecule has 0 spiro atoms. The topological polar surface area (TPSA) is 33.3 Å². The van der Waals surface area contributed by atoms with Crippen LogP contribution in [-0.2, 0) is 17.3 Å². The van der Waals surface area contributed by atoms with Crippen LogP contribution in [0.5, 0.6) is 0 Å². The van der Waals surface area contributed by atoms with E-state index >= 15 is 0 Å². The van der Waals surface area contributed by atoms with E-state index in [1.807, 2.05) is 0 Å². The van der Waals surface area contributed by atoms with Crippen LogP contribution in [0.25, 0.3) is 60.4 Å². The van der Waals surface area contributed by atoms with E-state index in [9.17, 15) is 0 Å². The number of rotatable bonds is 10. The number of hydrogen-bond donors (Lipinski definition) is 1. The molecule has 0 bridgehead atoms. The molecule has 4 nitrogen and oxygen atoms in total. The highest BCUT2D eigenvalue weighted by molar-refractivity contribution is 6.73. The van der Waals surface area contributed by atoms with Gasteiger partial charge in [0.15, 0.2) is 0 Å². The number of nitrogens with one attached hydrogen (secondary N) is 1. The lowest BCUT2D eigenvalue weighted by molar-refractivity contribution is 0.332. The molecule has 10 aromatic rings. The van der Waals surface area contributed by atoms with Gasteiger partial charge in [0.2, 0.25) is 7.28 Å². The number of furan rings is 1. The standard InChI is InChI=1S/C61H56BN3O/c1-6-7-10-19-39-28-30-42(31-29-39)63-51-27-18-17-26-45(51)46-37-53(64(43-22-11-8-12-23-43)44-24-13-9-14-25-44)55-47-34-40-20-15-16-21-41(40)35-52(47)65-57-48-36-49-50(61(4,5)33-32-60(49,2)3)38-54(48)66-59(57)62-56(46)58(55)65/h8-9,11-18,20-31,34-38,62-63H,6-7,10,19,32-33H2,1-5H3. The summed E-state index contributed by atoms with van der Waals surface area (Å²) in [4.78, 5) is 2.47. The van der Waals surface area contributed by atoms with Gasteiger partial charge in [-0.3, -0.25) is 0 Å². The molecule has 1 aliphatic heterocycles. The van der Waals surface area contributed by atoms with Gasteiger partial charge >= 0.3 is 0 Å². The van der Waals surface area contributed by atoms with Crippen LogP contribution >= 0.6 is 0 Å². The fourth-order valence-corrected chi connectivity index (χ4v) is 11.4. The maximum absolute atomic E-state index is 7.24. The van der Waals surface area contributed by atoms with Gasteiger partial charge in [-0.25, -0.2) is 0 Å². The highest BCUT2D eigenvalue weighted by atomic mass is 16.3. The predicted octanol–water partition coefficient (Wildman–Crippen LogP) is 15.3. The molecule has 8 aromatic carbocycles. The van der Waals surface area contributed by atoms with Gasteiger partial charge in [-0.2, -0.15) is 0 Å². The summed E-state index contributed by atoms with van der Waals surface area (Å²) in [5.74, 6) is 0. The second-order valence-corrected chi connectivity index (χ2v) is 20.2. The second kappa shape index (κ2) is 15.6. The molecular weight excluding hydrogens is 802 g/mol. The van der Waals surface area contributed by atoms with Crippen LogP contribution in [0, 0.1) is 0 Å². The van der Waals surface area contributed by atoms with Crippen LogP contribution in [0.4, 0.5) is 28.4 Å². The molecule has 2 aliphatic rings. The lowest BCUT2D eigenvalue weighted by atomic mass is 9.61. The minimum atomic E-state index is 0.0539. The molecule has 5 heteroatoms. The van der Waals surface area contributed by atoms with Gasteiger partial charge in [0.25, 0.3) is 0 Å². The van der Waals surface area contributed by atoms with Gasteiger partial charge in [-0.05, 0) is 148 Å². The predicted molar refractivity (Wildman–Crippen MR) is 283 cm³/mol. The monoisotopic (exact) mass is 857 g/mol. The lowest BCUT2D eigenvalue weighted by Gasteiger charge is -2.41. The molecule has 0 unspecified atom stereocenters. The van der Waals surface area contributed by atoms with Crippen molar-refractivity contribution in [2.45, 2.75) is 84.0 Å². The Bertz CT molecular complexity index is 3450. The Kier molecular flexibility index (Phi) is 9.57. The average Bonchev–Trinajstić information content (AvgIpc) is 3.87. The number of hydrogen-bond acceptors (Lipinski definition) is 3. The summed E-state index contributed by atoms with van der Waals surface area (Å²) in [6, 6.07) is 60.8. The van der Waals surface area contributed by atoms with Crippen LogP contribution in [0.15, 0.2) is 168 Å². The zero-order valence-corrected chi connectivity index (χ0v) is 38.8. The van der Waals surface area contributed by atoms with Gasteiger partial charge in [-0.15, -0.1) is 0 Å². The van der Waals surface area contributed by atoms with Gasteiger partial charge < -0.3 is 19.2 Å². The van der Waals surface area contributed by atoms with Crippen molar-refractivity contribution < 1.29 is 4.42 Å². The first kappa shape index (κ1) is 40.5. The molecule has 0 atom stereocenters. The van der Waals surface area contributed by atoms with Crippen LogP contribution in [-0.4, -0.2) is 11.8 Å². The largest absolute Gasteiger partial charge is 0.469 e. The zero-order chi connectivity index (χ0) is 44.7. The highest BCUT2D eigenvalue weighted by Crippen LogP contribution is 2.51. The van der Waals surface area contributed by atoms with Crippen molar-refractivity contribution >= 4 is 90.4 Å². The number of anilines is 5. The molecule has 0 radical (unpaired) electrons. The van der Waals surface area contributed by atoms with Gasteiger partial charge in [0.1, 0.15) is 5.58 Å². The number of aryl methyl sites for hydroxylation is 1. The molecule has 12 rings (SSSR count). The first-order valence-electron chi connectivity index (χ1n) is 24.2. The van der Waals surface area contributed by atoms with Crippen molar-refractivity contribution in [2.24, 2.45) is 0 Å². The summed E-state index contributed by atoms with van der Waals surface area (Å²) in [7, 11) is 0.668. The van der Waals surface area contributed by atoms with E-state index in [1.165, 1.54) is 90.6 Å². The summed E-state index contributed by atoms with van der Waals surface area (Å²) in [5.41, 5.74) is 19.1. The van der Waals surface area contributed by atoms with E-state index in [2.05, 4.69) is 213 Å². The maximum Gasteiger partial charge on any atom is 0.244 e. The second-order valence-electron chi connectivity index (χ2n) is 20.2. The minimum absolute atomic E-state index is 0.0539. The summed E-state index contributed by atoms with van der Waals surface area (Å²) in [6.07, 6.45) is 7.14. The molecular formula is C61H56BN3O. The Morgan fingerprint density at radius 1 is 0.636 bits per heavy atom. The van der Waals surface area contributed by atoms with Crippen molar-refractivity contribution in [2.75, 3.05) is 10.2 Å². The molecule has 0 saturated carbocycles. The number of nitrogens with zero attached hydrogens (tertiary/aromatic N) is 2. The van der Waals surface area contributed by atoms with Crippen molar-refractivity contribution in [3.8, 4) is 16.8 Å². The first-order valence-corrected chi connectivity index (χ1v) is 24.2. The Labute approximate surface area is 389 Å². The Hall–Kier alpha value is -6.98. The molecule has 0 saturated heterocycles. The molecule has 2 aromatic heterocycles. The van der Waals surface area contributed by atoms with Crippen molar-refractivity contribution in [3.05, 3.63) is 180 Å². The van der Waals surface area contributed by atoms with E-state index in [0.717, 1.165) is 64.5 Å². The molecule has 324 valence electrons. The molecule has 66 heavy (non-hydrogen) atoms. The van der Waals surface area contributed by atoms with Crippen molar-refractivity contribution in [1.82, 2.24) is 4.57 Å². The summed E-state index contributed by atoms with van der Waals surface area (Å²) in [6.45, 7) is 11.9. The van der Waals surface area contributed by atoms with E-state index in [1.54, 1.807) is 0 Å². The third-order valence-corrected chi connectivity index (χ3v) is 15.0. The number of aromatic nitrogens is 1. The molecule has 1 N–H and O–H groups in total. The lowest BCUT2D eigenvalue weighted by Crippen LogP contribution is -2.36. The molecule has 0 amide bonds. The maximum atomic E-state index is 7.24. The fraction of sp³-hybridized carbons (Fsp3) is 0.213. The van der Waals surface area contributed by atoms with Gasteiger partial charge in [-0.1, -0.05) is 138 Å². The Morgan fingerprint density at radius 2 is 1.27 bits per heavy atom. The quantitative estimate of drug-likeness (QED) is 0.110. The first-order chi connectivity index (χ1) is 32.2. The third-order valence-electron chi connectivity index (χ3n) is 15.0. The third kappa shape index (κ3) is 6.57. The number of unbranched alkanes of at least 4 members (excludes halogenated alkanes) is 2. The van der Waals surface area contributed by atoms with Crippen LogP contribution in [0.3, 0.4) is 0 Å². The highest BCUT2D eigenvalue weighted by Gasteiger charge is 2.40. The zero-order valence-electron chi connectivity index (χ0n) is 38.8. The number of fused-ring (bicyclic) bond motifs is 9. The van der Waals surface area contributed by atoms with E-state index in [0.29, 0.717) is 7.28 Å². The van der Waals surface area contributed by atoms with E-state index < -0.39 is 0 Å². The molecule has 1 aliphatic carbocycles. The number of para-hydroxylation sites is 3. The normalized spacial score (nSPS) is 14.6. The SMILES string of the molecule is CCCCCc1ccc(Nc2ccccc2-c2cc(N(c3ccccc3)c3ccccc3)c3c4cc5ccccc5cc4n4c3c2Bc2oc3cc5c(cc3c2-4)C(C)(C)CCC5(C)C)cc1. The Balaban J connectivity index is 1.19. The van der Waals surface area contributed by atoms with Crippen LogP contribution in [0.1, 0.15) is 83.4 Å². The van der Waals surface area contributed by atoms with Gasteiger partial charge in [0, 0.05) is 44.5 Å². The summed E-state index contributed by atoms with van der Waals surface area (Å²) in [5, 5.41) is 10.0. The van der Waals surface area contributed by atoms with Crippen LogP contribution < -0.4 is 21.3 Å². The minimum Gasteiger partial charge on any atom is -0.469 e. The smallest absolute Gasteiger partial charge is 0.244 e. The van der Waals surface area contributed by atoms with Crippen LogP contribution in [0.2, 0.25) is 0 Å². The van der Waals surface area contributed by atoms with Crippen molar-refractivity contribution in [1.29, 1.82) is 0 Å². The summed E-state index contributed by atoms with van der Waals surface area (Å²) >= 11 is 0. The Morgan fingerprint density at radius 3 is 1.97 bits per heavy atom. The average molecular weight is 858 g/mol. The van der Waals surface area contributed by atoms with E-state index in [4.69, 9.17) is 4.42 Å². The fourth-order valence-electron chi connectivity index (χ4n) is 11.4. The van der Waals surface area contributed by atoms with E-state index in [-0.39, 0.29) is 10.8 Å². The van der Waals surface area contributed by atoms with Crippen molar-refractivity contribution in [3.63, 3.8) is 0 Å². The molecule has 0 fully saturated rings. The number of benzene rings is 8. The molecule has 3 heterocycles. The van der Waals surface area contributed by atoms with Gasteiger partial charge in [0.05, 0.1) is 28.1 Å². The summed E-state index contributed by atoms with van der Waals surface area (Å²) < 4.78 is 9.84.